The largest absolute Gasteiger partial charge is 0.488 e. The highest BCUT2D eigenvalue weighted by atomic mass is 35.5. The number of fused-ring (bicyclic) bond motifs is 1. The lowest BCUT2D eigenvalue weighted by molar-refractivity contribution is 0.225. The standard InChI is InChI=1S/C17H17Cl2N5O/c1-2-11-7-16(24-17(22-11)20-10-21-24)23-6-5-13(9-23)25-12-3-4-14(18)15(19)8-12/h3-4,7-8,10,13H,2,5-6,9H2,1H3. The van der Waals surface area contributed by atoms with Crippen molar-refractivity contribution in [2.75, 3.05) is 18.0 Å². The molecule has 4 rings (SSSR count). The van der Waals surface area contributed by atoms with Crippen LogP contribution in [0.1, 0.15) is 19.0 Å². The SMILES string of the molecule is CCc1cc(N2CCC(Oc3ccc(Cl)c(Cl)c3)C2)n2ncnc2n1. The van der Waals surface area contributed by atoms with Crippen LogP contribution in [0.15, 0.2) is 30.6 Å². The molecule has 1 saturated heterocycles. The zero-order valence-electron chi connectivity index (χ0n) is 13.7. The molecular weight excluding hydrogens is 361 g/mol. The summed E-state index contributed by atoms with van der Waals surface area (Å²) in [6, 6.07) is 7.42. The quantitative estimate of drug-likeness (QED) is 0.694. The molecule has 6 nitrogen and oxygen atoms in total. The van der Waals surface area contributed by atoms with E-state index in [2.05, 4.69) is 33.0 Å². The average molecular weight is 378 g/mol. The third-order valence-corrected chi connectivity index (χ3v) is 5.05. The zero-order chi connectivity index (χ0) is 17.4. The van der Waals surface area contributed by atoms with Crippen LogP contribution in [0.4, 0.5) is 5.82 Å². The maximum absolute atomic E-state index is 6.07. The summed E-state index contributed by atoms with van der Waals surface area (Å²) in [5.74, 6) is 2.36. The van der Waals surface area contributed by atoms with Gasteiger partial charge < -0.3 is 9.64 Å². The number of anilines is 1. The Morgan fingerprint density at radius 1 is 1.24 bits per heavy atom. The second-order valence-corrected chi connectivity index (χ2v) is 6.80. The van der Waals surface area contributed by atoms with Gasteiger partial charge >= 0.3 is 0 Å². The van der Waals surface area contributed by atoms with E-state index in [4.69, 9.17) is 27.9 Å². The molecule has 1 aliphatic rings. The van der Waals surface area contributed by atoms with Crippen LogP contribution in [0.2, 0.25) is 10.0 Å². The fraction of sp³-hybridized carbons (Fsp3) is 0.353. The van der Waals surface area contributed by atoms with Crippen LogP contribution >= 0.6 is 23.2 Å². The Kier molecular flexibility index (Phi) is 4.39. The van der Waals surface area contributed by atoms with Gasteiger partial charge in [-0.15, -0.1) is 0 Å². The summed E-state index contributed by atoms with van der Waals surface area (Å²) in [7, 11) is 0. The number of benzene rings is 1. The Labute approximate surface area is 155 Å². The highest BCUT2D eigenvalue weighted by Gasteiger charge is 2.26. The minimum atomic E-state index is 0.0778. The Bertz CT molecular complexity index is 913. The maximum atomic E-state index is 6.07. The van der Waals surface area contributed by atoms with Gasteiger partial charge in [0, 0.05) is 30.8 Å². The summed E-state index contributed by atoms with van der Waals surface area (Å²) >= 11 is 12.0. The summed E-state index contributed by atoms with van der Waals surface area (Å²) in [6.45, 7) is 3.73. The van der Waals surface area contributed by atoms with Crippen molar-refractivity contribution in [2.24, 2.45) is 0 Å². The average Bonchev–Trinajstić information content (AvgIpc) is 3.26. The van der Waals surface area contributed by atoms with E-state index in [9.17, 15) is 0 Å². The number of hydrogen-bond acceptors (Lipinski definition) is 5. The molecule has 1 fully saturated rings. The van der Waals surface area contributed by atoms with Gasteiger partial charge in [0.25, 0.3) is 5.78 Å². The van der Waals surface area contributed by atoms with E-state index >= 15 is 0 Å². The third kappa shape index (κ3) is 3.24. The van der Waals surface area contributed by atoms with Crippen molar-refractivity contribution in [3.05, 3.63) is 46.3 Å². The first kappa shape index (κ1) is 16.4. The van der Waals surface area contributed by atoms with Gasteiger partial charge in [0.15, 0.2) is 0 Å². The molecule has 1 atom stereocenters. The van der Waals surface area contributed by atoms with Crippen LogP contribution in [0.25, 0.3) is 5.78 Å². The predicted molar refractivity (Wildman–Crippen MR) is 97.9 cm³/mol. The molecule has 0 saturated carbocycles. The van der Waals surface area contributed by atoms with E-state index in [-0.39, 0.29) is 6.10 Å². The molecule has 0 bridgehead atoms. The minimum Gasteiger partial charge on any atom is -0.488 e. The van der Waals surface area contributed by atoms with E-state index in [0.29, 0.717) is 15.8 Å². The van der Waals surface area contributed by atoms with Gasteiger partial charge in [-0.05, 0) is 18.6 Å². The lowest BCUT2D eigenvalue weighted by Gasteiger charge is -2.20. The van der Waals surface area contributed by atoms with Crippen LogP contribution in [0.3, 0.4) is 0 Å². The van der Waals surface area contributed by atoms with Crippen molar-refractivity contribution in [1.29, 1.82) is 0 Å². The van der Waals surface area contributed by atoms with Gasteiger partial charge in [0.1, 0.15) is 24.0 Å². The normalized spacial score (nSPS) is 17.4. The molecular formula is C17H17Cl2N5O. The van der Waals surface area contributed by atoms with E-state index < -0.39 is 0 Å². The van der Waals surface area contributed by atoms with Crippen molar-refractivity contribution < 1.29 is 4.74 Å². The summed E-state index contributed by atoms with van der Waals surface area (Å²) < 4.78 is 7.85. The Morgan fingerprint density at radius 3 is 2.92 bits per heavy atom. The number of aromatic nitrogens is 4. The number of ether oxygens (including phenoxy) is 1. The molecule has 3 heterocycles. The minimum absolute atomic E-state index is 0.0778. The van der Waals surface area contributed by atoms with E-state index in [0.717, 1.165) is 43.2 Å². The molecule has 0 N–H and O–H groups in total. The predicted octanol–water partition coefficient (Wildman–Crippen LogP) is 3.65. The van der Waals surface area contributed by atoms with Gasteiger partial charge in [-0.2, -0.15) is 14.6 Å². The maximum Gasteiger partial charge on any atom is 0.254 e. The number of halogens is 2. The lowest BCUT2D eigenvalue weighted by Crippen LogP contribution is -2.26. The van der Waals surface area contributed by atoms with Crippen molar-refractivity contribution in [2.45, 2.75) is 25.9 Å². The van der Waals surface area contributed by atoms with Crippen molar-refractivity contribution >= 4 is 34.8 Å². The molecule has 1 aliphatic heterocycles. The van der Waals surface area contributed by atoms with E-state index in [1.165, 1.54) is 6.33 Å². The Balaban J connectivity index is 1.54. The van der Waals surface area contributed by atoms with Crippen LogP contribution in [-0.4, -0.2) is 38.8 Å². The third-order valence-electron chi connectivity index (χ3n) is 4.31. The number of hydrogen-bond donors (Lipinski definition) is 0. The monoisotopic (exact) mass is 377 g/mol. The molecule has 0 spiro atoms. The smallest absolute Gasteiger partial charge is 0.254 e. The Morgan fingerprint density at radius 2 is 2.12 bits per heavy atom. The molecule has 0 radical (unpaired) electrons. The van der Waals surface area contributed by atoms with E-state index in [1.807, 2.05) is 6.07 Å². The van der Waals surface area contributed by atoms with Crippen molar-refractivity contribution in [1.82, 2.24) is 19.6 Å². The number of rotatable bonds is 4. The second kappa shape index (κ2) is 6.69. The number of aryl methyl sites for hydroxylation is 1. The molecule has 130 valence electrons. The molecule has 3 aromatic rings. The van der Waals surface area contributed by atoms with Gasteiger partial charge in [0.05, 0.1) is 16.6 Å². The van der Waals surface area contributed by atoms with Gasteiger partial charge in [-0.25, -0.2) is 4.98 Å². The summed E-state index contributed by atoms with van der Waals surface area (Å²) in [5.41, 5.74) is 1.00. The summed E-state index contributed by atoms with van der Waals surface area (Å²) in [5, 5.41) is 5.32. The first-order valence-corrected chi connectivity index (χ1v) is 8.96. The molecule has 1 aromatic carbocycles. The molecule has 0 aliphatic carbocycles. The van der Waals surface area contributed by atoms with Gasteiger partial charge in [-0.1, -0.05) is 30.1 Å². The summed E-state index contributed by atoms with van der Waals surface area (Å²) in [4.78, 5) is 11.0. The Hall–Kier alpha value is -2.05. The second-order valence-electron chi connectivity index (χ2n) is 5.98. The number of nitrogens with zero attached hydrogens (tertiary/aromatic N) is 5. The van der Waals surface area contributed by atoms with Crippen LogP contribution < -0.4 is 9.64 Å². The first-order chi connectivity index (χ1) is 12.1. The van der Waals surface area contributed by atoms with Crippen molar-refractivity contribution in [3.8, 4) is 5.75 Å². The summed E-state index contributed by atoms with van der Waals surface area (Å²) in [6.07, 6.45) is 3.38. The van der Waals surface area contributed by atoms with Gasteiger partial charge in [-0.3, -0.25) is 0 Å². The zero-order valence-corrected chi connectivity index (χ0v) is 15.2. The highest BCUT2D eigenvalue weighted by Crippen LogP contribution is 2.29. The topological polar surface area (TPSA) is 55.6 Å². The first-order valence-electron chi connectivity index (χ1n) is 8.20. The van der Waals surface area contributed by atoms with Crippen LogP contribution in [0, 0.1) is 0 Å². The van der Waals surface area contributed by atoms with E-state index in [1.54, 1.807) is 16.6 Å². The fourth-order valence-corrected chi connectivity index (χ4v) is 3.31. The van der Waals surface area contributed by atoms with Gasteiger partial charge in [0.2, 0.25) is 0 Å². The molecule has 0 amide bonds. The molecule has 1 unspecified atom stereocenters. The molecule has 8 heteroatoms. The van der Waals surface area contributed by atoms with Crippen molar-refractivity contribution in [3.63, 3.8) is 0 Å². The van der Waals surface area contributed by atoms with Crippen LogP contribution in [0.5, 0.6) is 5.75 Å². The fourth-order valence-electron chi connectivity index (χ4n) is 3.03. The molecule has 2 aromatic heterocycles. The highest BCUT2D eigenvalue weighted by molar-refractivity contribution is 6.42. The lowest BCUT2D eigenvalue weighted by atomic mass is 10.3. The molecule has 25 heavy (non-hydrogen) atoms. The van der Waals surface area contributed by atoms with Crippen LogP contribution in [-0.2, 0) is 6.42 Å².